The Balaban J connectivity index is 1.85. The number of hydrogen-bond donors (Lipinski definition) is 0. The van der Waals surface area contributed by atoms with Crippen molar-refractivity contribution in [1.82, 2.24) is 19.7 Å². The first-order valence-electron chi connectivity index (χ1n) is 8.59. The molecule has 0 unspecified atom stereocenters. The van der Waals surface area contributed by atoms with Crippen LogP contribution in [0, 0.1) is 6.92 Å². The zero-order chi connectivity index (χ0) is 20.1. The topological polar surface area (TPSA) is 68.1 Å². The molecule has 28 heavy (non-hydrogen) atoms. The number of carbonyl (C=O) groups is 1. The monoisotopic (exact) mass is 416 g/mol. The summed E-state index contributed by atoms with van der Waals surface area (Å²) >= 11 is 12.1. The van der Waals surface area contributed by atoms with Crippen LogP contribution < -0.4 is 5.56 Å². The van der Waals surface area contributed by atoms with E-state index in [2.05, 4.69) is 10.1 Å². The summed E-state index contributed by atoms with van der Waals surface area (Å²) in [6.07, 6.45) is 1.67. The van der Waals surface area contributed by atoms with Crippen LogP contribution in [0.25, 0.3) is 0 Å². The zero-order valence-electron chi connectivity index (χ0n) is 15.2. The van der Waals surface area contributed by atoms with Crippen molar-refractivity contribution in [3.8, 4) is 0 Å². The molecule has 0 aliphatic carbocycles. The number of nitrogens with zero attached hydrogens (tertiary/aromatic N) is 4. The number of rotatable bonds is 6. The predicted octanol–water partition coefficient (Wildman–Crippen LogP) is 3.48. The largest absolute Gasteiger partial charge is 0.331 e. The normalized spacial score (nSPS) is 10.7. The molecule has 0 radical (unpaired) electrons. The Morgan fingerprint density at radius 3 is 2.61 bits per heavy atom. The molecular weight excluding hydrogens is 399 g/mol. The maximum absolute atomic E-state index is 13.0. The second-order valence-corrected chi connectivity index (χ2v) is 7.10. The van der Waals surface area contributed by atoms with Crippen LogP contribution in [0.4, 0.5) is 0 Å². The molecule has 0 N–H and O–H groups in total. The summed E-state index contributed by atoms with van der Waals surface area (Å²) in [5.41, 5.74) is 1.89. The molecule has 8 heteroatoms. The number of hydrogen-bond acceptors (Lipinski definition) is 4. The fourth-order valence-corrected chi connectivity index (χ4v) is 2.99. The second-order valence-electron chi connectivity index (χ2n) is 6.29. The van der Waals surface area contributed by atoms with Gasteiger partial charge in [0.1, 0.15) is 6.54 Å². The molecule has 6 nitrogen and oxygen atoms in total. The summed E-state index contributed by atoms with van der Waals surface area (Å²) in [5.74, 6) is -0.253. The summed E-state index contributed by atoms with van der Waals surface area (Å²) in [7, 11) is 0. The first-order chi connectivity index (χ1) is 13.4. The third kappa shape index (κ3) is 5.18. The van der Waals surface area contributed by atoms with Crippen molar-refractivity contribution in [2.75, 3.05) is 0 Å². The van der Waals surface area contributed by atoms with Gasteiger partial charge in [-0.25, -0.2) is 4.68 Å². The van der Waals surface area contributed by atoms with Crippen molar-refractivity contribution in [3.63, 3.8) is 0 Å². The average molecular weight is 417 g/mol. The van der Waals surface area contributed by atoms with Crippen LogP contribution in [0.2, 0.25) is 10.0 Å². The summed E-state index contributed by atoms with van der Waals surface area (Å²) < 4.78 is 1.16. The molecule has 0 bridgehead atoms. The summed E-state index contributed by atoms with van der Waals surface area (Å²) in [5, 5.41) is 5.00. The smallest absolute Gasteiger partial charge is 0.267 e. The fraction of sp³-hybridized carbons (Fsp3) is 0.200. The van der Waals surface area contributed by atoms with E-state index >= 15 is 0 Å². The summed E-state index contributed by atoms with van der Waals surface area (Å²) in [4.78, 5) is 30.9. The van der Waals surface area contributed by atoms with E-state index in [9.17, 15) is 9.59 Å². The first-order valence-corrected chi connectivity index (χ1v) is 9.34. The van der Waals surface area contributed by atoms with Crippen molar-refractivity contribution < 1.29 is 4.79 Å². The first kappa shape index (κ1) is 20.0. The van der Waals surface area contributed by atoms with Crippen molar-refractivity contribution in [2.24, 2.45) is 0 Å². The second kappa shape index (κ2) is 8.99. The van der Waals surface area contributed by atoms with Crippen LogP contribution in [-0.4, -0.2) is 25.6 Å². The van der Waals surface area contributed by atoms with Crippen LogP contribution in [0.5, 0.6) is 0 Å². The number of pyridine rings is 1. The number of amides is 1. The number of aryl methyl sites for hydroxylation is 1. The molecular formula is C20H18Cl2N4O2. The fourth-order valence-electron chi connectivity index (χ4n) is 2.67. The lowest BCUT2D eigenvalue weighted by Crippen LogP contribution is -2.37. The van der Waals surface area contributed by atoms with Gasteiger partial charge in [0.25, 0.3) is 5.56 Å². The van der Waals surface area contributed by atoms with E-state index < -0.39 is 0 Å². The molecule has 2 aromatic heterocycles. The van der Waals surface area contributed by atoms with Crippen molar-refractivity contribution in [3.05, 3.63) is 92.1 Å². The molecule has 0 saturated carbocycles. The van der Waals surface area contributed by atoms with Crippen LogP contribution in [0.15, 0.2) is 59.5 Å². The Hall–Kier alpha value is -2.70. The van der Waals surface area contributed by atoms with Gasteiger partial charge in [0.2, 0.25) is 5.91 Å². The molecule has 0 aliphatic rings. The van der Waals surface area contributed by atoms with E-state index in [1.165, 1.54) is 6.07 Å². The maximum Gasteiger partial charge on any atom is 0.267 e. The van der Waals surface area contributed by atoms with E-state index in [0.29, 0.717) is 28.8 Å². The van der Waals surface area contributed by atoms with E-state index in [1.54, 1.807) is 36.2 Å². The highest BCUT2D eigenvalue weighted by Gasteiger charge is 2.17. The number of aromatic nitrogens is 3. The lowest BCUT2D eigenvalue weighted by atomic mass is 10.2. The van der Waals surface area contributed by atoms with Gasteiger partial charge in [0, 0.05) is 18.8 Å². The van der Waals surface area contributed by atoms with Crippen LogP contribution >= 0.6 is 23.2 Å². The van der Waals surface area contributed by atoms with Crippen molar-refractivity contribution in [2.45, 2.75) is 26.6 Å². The predicted molar refractivity (Wildman–Crippen MR) is 108 cm³/mol. The molecule has 3 aromatic rings. The van der Waals surface area contributed by atoms with E-state index in [1.807, 2.05) is 24.3 Å². The number of halogens is 2. The Bertz CT molecular complexity index is 1040. The Morgan fingerprint density at radius 2 is 1.89 bits per heavy atom. The quantitative estimate of drug-likeness (QED) is 0.616. The third-order valence-corrected chi connectivity index (χ3v) is 4.81. The molecule has 1 aromatic carbocycles. The highest BCUT2D eigenvalue weighted by Crippen LogP contribution is 2.23. The Morgan fingerprint density at radius 1 is 1.07 bits per heavy atom. The van der Waals surface area contributed by atoms with E-state index in [0.717, 1.165) is 15.9 Å². The van der Waals surface area contributed by atoms with Crippen LogP contribution in [-0.2, 0) is 24.4 Å². The van der Waals surface area contributed by atoms with Gasteiger partial charge in [-0.2, -0.15) is 5.10 Å². The molecule has 0 spiro atoms. The molecule has 0 fully saturated rings. The standard InChI is InChI=1S/C20H18Cl2N4O2/c1-14-5-8-19(27)26(24-14)13-20(28)25(12-16-4-2-3-9-23-16)11-15-6-7-17(21)18(22)10-15/h2-10H,11-13H2,1H3. The van der Waals surface area contributed by atoms with E-state index in [-0.39, 0.29) is 18.0 Å². The zero-order valence-corrected chi connectivity index (χ0v) is 16.7. The lowest BCUT2D eigenvalue weighted by Gasteiger charge is -2.23. The summed E-state index contributed by atoms with van der Waals surface area (Å²) in [6.45, 7) is 2.20. The molecule has 144 valence electrons. The van der Waals surface area contributed by atoms with Crippen LogP contribution in [0.3, 0.4) is 0 Å². The van der Waals surface area contributed by atoms with E-state index in [4.69, 9.17) is 23.2 Å². The lowest BCUT2D eigenvalue weighted by molar-refractivity contribution is -0.133. The minimum absolute atomic E-state index is 0.158. The maximum atomic E-state index is 13.0. The Labute approximate surface area is 172 Å². The van der Waals surface area contributed by atoms with Gasteiger partial charge >= 0.3 is 0 Å². The molecule has 2 heterocycles. The third-order valence-electron chi connectivity index (χ3n) is 4.07. The number of benzene rings is 1. The van der Waals surface area contributed by atoms with Gasteiger partial charge in [-0.05, 0) is 42.8 Å². The molecule has 0 saturated heterocycles. The molecule has 3 rings (SSSR count). The van der Waals surface area contributed by atoms with Gasteiger partial charge in [0.05, 0.1) is 28.0 Å². The van der Waals surface area contributed by atoms with Gasteiger partial charge in [-0.15, -0.1) is 0 Å². The highest BCUT2D eigenvalue weighted by atomic mass is 35.5. The molecule has 0 atom stereocenters. The highest BCUT2D eigenvalue weighted by molar-refractivity contribution is 6.42. The SMILES string of the molecule is Cc1ccc(=O)n(CC(=O)N(Cc2ccc(Cl)c(Cl)c2)Cc2ccccn2)n1. The molecule has 0 aliphatic heterocycles. The van der Waals surface area contributed by atoms with Gasteiger partial charge in [-0.1, -0.05) is 35.3 Å². The van der Waals surface area contributed by atoms with Gasteiger partial charge < -0.3 is 4.90 Å². The Kier molecular flexibility index (Phi) is 6.44. The minimum Gasteiger partial charge on any atom is -0.331 e. The van der Waals surface area contributed by atoms with Gasteiger partial charge in [-0.3, -0.25) is 14.6 Å². The van der Waals surface area contributed by atoms with Crippen molar-refractivity contribution in [1.29, 1.82) is 0 Å². The number of carbonyl (C=O) groups excluding carboxylic acids is 1. The summed E-state index contributed by atoms with van der Waals surface area (Å²) in [6, 6.07) is 13.7. The molecule has 1 amide bonds. The minimum atomic E-state index is -0.328. The average Bonchev–Trinajstić information content (AvgIpc) is 2.68. The van der Waals surface area contributed by atoms with Crippen LogP contribution in [0.1, 0.15) is 17.0 Å². The van der Waals surface area contributed by atoms with Gasteiger partial charge in [0.15, 0.2) is 0 Å². The van der Waals surface area contributed by atoms with Crippen molar-refractivity contribution >= 4 is 29.1 Å².